The van der Waals surface area contributed by atoms with Gasteiger partial charge in [0.1, 0.15) is 5.01 Å². The smallest absolute Gasteiger partial charge is 0.172 e. The van der Waals surface area contributed by atoms with Gasteiger partial charge in [-0.1, -0.05) is 6.92 Å². The van der Waals surface area contributed by atoms with Gasteiger partial charge < -0.3 is 15.2 Å². The van der Waals surface area contributed by atoms with Crippen molar-refractivity contribution in [2.75, 3.05) is 13.7 Å². The molecule has 0 amide bonds. The highest BCUT2D eigenvalue weighted by molar-refractivity contribution is 9.10. The number of ether oxygens (including phenoxy) is 1. The van der Waals surface area contributed by atoms with Crippen molar-refractivity contribution in [1.82, 2.24) is 10.3 Å². The molecule has 6 heteroatoms. The van der Waals surface area contributed by atoms with E-state index in [4.69, 9.17) is 4.74 Å². The van der Waals surface area contributed by atoms with Crippen LogP contribution in [0.25, 0.3) is 10.6 Å². The first kappa shape index (κ1) is 14.3. The van der Waals surface area contributed by atoms with Crippen LogP contribution in [0.1, 0.15) is 11.8 Å². The Morgan fingerprint density at radius 3 is 2.95 bits per heavy atom. The molecule has 0 aliphatic carbocycles. The number of aromatic hydroxyl groups is 1. The number of nitrogens with zero attached hydrogens (tertiary/aromatic N) is 1. The molecule has 2 N–H and O–H groups in total. The maximum Gasteiger partial charge on any atom is 0.172 e. The van der Waals surface area contributed by atoms with Crippen LogP contribution < -0.4 is 10.1 Å². The van der Waals surface area contributed by atoms with E-state index in [1.807, 2.05) is 12.3 Å². The Morgan fingerprint density at radius 1 is 1.47 bits per heavy atom. The number of hydrogen-bond acceptors (Lipinski definition) is 5. The van der Waals surface area contributed by atoms with Gasteiger partial charge in [0, 0.05) is 23.2 Å². The summed E-state index contributed by atoms with van der Waals surface area (Å²) >= 11 is 4.95. The summed E-state index contributed by atoms with van der Waals surface area (Å²) in [6, 6.07) is 3.63. The molecular weight excluding hydrogens is 328 g/mol. The van der Waals surface area contributed by atoms with Gasteiger partial charge in [0.05, 0.1) is 11.6 Å². The number of methoxy groups -OCH3 is 1. The summed E-state index contributed by atoms with van der Waals surface area (Å²) in [5.74, 6) is 0.545. The zero-order valence-corrected chi connectivity index (χ0v) is 13.1. The lowest BCUT2D eigenvalue weighted by Crippen LogP contribution is -2.10. The Kier molecular flexibility index (Phi) is 4.79. The third-order valence-corrected chi connectivity index (χ3v) is 4.25. The van der Waals surface area contributed by atoms with Crippen molar-refractivity contribution < 1.29 is 9.84 Å². The number of thiazole rings is 1. The fraction of sp³-hybridized carbons (Fsp3) is 0.308. The SMILES string of the molecule is CCNCc1cnc(-c2cc(Br)c(O)c(OC)c2)s1. The summed E-state index contributed by atoms with van der Waals surface area (Å²) < 4.78 is 5.75. The van der Waals surface area contributed by atoms with Gasteiger partial charge in [-0.2, -0.15) is 0 Å². The van der Waals surface area contributed by atoms with E-state index in [1.165, 1.54) is 12.0 Å². The molecule has 1 aromatic carbocycles. The summed E-state index contributed by atoms with van der Waals surface area (Å²) in [7, 11) is 1.53. The number of halogens is 1. The molecule has 0 saturated carbocycles. The second-order valence-corrected chi connectivity index (χ2v) is 5.89. The first-order valence-corrected chi connectivity index (χ1v) is 7.49. The highest BCUT2D eigenvalue weighted by atomic mass is 79.9. The molecule has 4 nitrogen and oxygen atoms in total. The van der Waals surface area contributed by atoms with E-state index in [2.05, 4.69) is 33.2 Å². The van der Waals surface area contributed by atoms with E-state index in [0.29, 0.717) is 10.2 Å². The summed E-state index contributed by atoms with van der Waals surface area (Å²) in [6.45, 7) is 3.83. The number of phenolic OH excluding ortho intramolecular Hbond substituents is 1. The predicted octanol–water partition coefficient (Wildman–Crippen LogP) is 3.40. The Labute approximate surface area is 124 Å². The molecule has 1 aromatic heterocycles. The highest BCUT2D eigenvalue weighted by Gasteiger charge is 2.12. The predicted molar refractivity (Wildman–Crippen MR) is 80.8 cm³/mol. The van der Waals surface area contributed by atoms with Crippen molar-refractivity contribution in [3.8, 4) is 22.1 Å². The minimum atomic E-state index is 0.107. The molecule has 2 rings (SSSR count). The van der Waals surface area contributed by atoms with Crippen molar-refractivity contribution in [1.29, 1.82) is 0 Å². The molecule has 0 fully saturated rings. The monoisotopic (exact) mass is 342 g/mol. The van der Waals surface area contributed by atoms with Crippen LogP contribution in [0, 0.1) is 0 Å². The van der Waals surface area contributed by atoms with E-state index in [-0.39, 0.29) is 5.75 Å². The Morgan fingerprint density at radius 2 is 2.26 bits per heavy atom. The molecule has 0 radical (unpaired) electrons. The minimum Gasteiger partial charge on any atom is -0.503 e. The summed E-state index contributed by atoms with van der Waals surface area (Å²) in [5, 5.41) is 14.0. The zero-order valence-electron chi connectivity index (χ0n) is 10.7. The number of phenols is 1. The van der Waals surface area contributed by atoms with Gasteiger partial charge in [-0.05, 0) is 34.6 Å². The molecular formula is C13H15BrN2O2S. The average molecular weight is 343 g/mol. The molecule has 0 aliphatic heterocycles. The van der Waals surface area contributed by atoms with Crippen LogP contribution in [-0.4, -0.2) is 23.7 Å². The molecule has 0 spiro atoms. The first-order chi connectivity index (χ1) is 9.15. The lowest BCUT2D eigenvalue weighted by atomic mass is 10.2. The van der Waals surface area contributed by atoms with Crippen molar-refractivity contribution in [2.45, 2.75) is 13.5 Å². The van der Waals surface area contributed by atoms with E-state index in [1.54, 1.807) is 17.4 Å². The normalized spacial score (nSPS) is 10.7. The highest BCUT2D eigenvalue weighted by Crippen LogP contribution is 2.39. The molecule has 0 atom stereocenters. The van der Waals surface area contributed by atoms with Crippen LogP contribution in [-0.2, 0) is 6.54 Å². The van der Waals surface area contributed by atoms with Crippen molar-refractivity contribution in [3.05, 3.63) is 27.7 Å². The fourth-order valence-electron chi connectivity index (χ4n) is 1.62. The van der Waals surface area contributed by atoms with Crippen molar-refractivity contribution >= 4 is 27.3 Å². The molecule has 0 unspecified atom stereocenters. The second-order valence-electron chi connectivity index (χ2n) is 3.92. The van der Waals surface area contributed by atoms with Crippen LogP contribution in [0.4, 0.5) is 0 Å². The topological polar surface area (TPSA) is 54.4 Å². The van der Waals surface area contributed by atoms with Gasteiger partial charge in [-0.25, -0.2) is 4.98 Å². The molecule has 0 bridgehead atoms. The molecule has 2 aromatic rings. The minimum absolute atomic E-state index is 0.107. The molecule has 19 heavy (non-hydrogen) atoms. The standard InChI is InChI=1S/C13H15BrN2O2S/c1-3-15-6-9-7-16-13(19-9)8-4-10(14)12(17)11(5-8)18-2/h4-5,7,15,17H,3,6H2,1-2H3. The Hall–Kier alpha value is -1.11. The number of benzene rings is 1. The molecule has 0 aliphatic rings. The zero-order chi connectivity index (χ0) is 13.8. The van der Waals surface area contributed by atoms with Gasteiger partial charge in [0.25, 0.3) is 0 Å². The van der Waals surface area contributed by atoms with Crippen LogP contribution >= 0.6 is 27.3 Å². The van der Waals surface area contributed by atoms with Crippen LogP contribution in [0.2, 0.25) is 0 Å². The average Bonchev–Trinajstić information content (AvgIpc) is 2.88. The van der Waals surface area contributed by atoms with Crippen LogP contribution in [0.3, 0.4) is 0 Å². The second kappa shape index (κ2) is 6.36. The molecule has 102 valence electrons. The van der Waals surface area contributed by atoms with E-state index in [9.17, 15) is 5.11 Å². The number of aromatic nitrogens is 1. The largest absolute Gasteiger partial charge is 0.503 e. The Balaban J connectivity index is 2.31. The summed E-state index contributed by atoms with van der Waals surface area (Å²) in [6.07, 6.45) is 1.87. The van der Waals surface area contributed by atoms with Gasteiger partial charge in [0.15, 0.2) is 11.5 Å². The molecule has 0 saturated heterocycles. The maximum atomic E-state index is 9.79. The van der Waals surface area contributed by atoms with Gasteiger partial charge in [-0.3, -0.25) is 0 Å². The number of nitrogens with one attached hydrogen (secondary N) is 1. The van der Waals surface area contributed by atoms with Gasteiger partial charge in [0.2, 0.25) is 0 Å². The molecule has 1 heterocycles. The lowest BCUT2D eigenvalue weighted by molar-refractivity contribution is 0.372. The maximum absolute atomic E-state index is 9.79. The van der Waals surface area contributed by atoms with Crippen molar-refractivity contribution in [3.63, 3.8) is 0 Å². The van der Waals surface area contributed by atoms with Gasteiger partial charge in [-0.15, -0.1) is 11.3 Å². The third-order valence-electron chi connectivity index (χ3n) is 2.60. The first-order valence-electron chi connectivity index (χ1n) is 5.88. The number of rotatable bonds is 5. The number of hydrogen-bond donors (Lipinski definition) is 2. The van der Waals surface area contributed by atoms with Gasteiger partial charge >= 0.3 is 0 Å². The van der Waals surface area contributed by atoms with Crippen LogP contribution in [0.15, 0.2) is 22.8 Å². The Bertz CT molecular complexity index is 572. The van der Waals surface area contributed by atoms with E-state index < -0.39 is 0 Å². The van der Waals surface area contributed by atoms with Crippen molar-refractivity contribution in [2.24, 2.45) is 0 Å². The van der Waals surface area contributed by atoms with Crippen LogP contribution in [0.5, 0.6) is 11.5 Å². The summed E-state index contributed by atoms with van der Waals surface area (Å²) in [5.41, 5.74) is 0.925. The lowest BCUT2D eigenvalue weighted by Gasteiger charge is -2.07. The third kappa shape index (κ3) is 3.26. The summed E-state index contributed by atoms with van der Waals surface area (Å²) in [4.78, 5) is 5.59. The quantitative estimate of drug-likeness (QED) is 0.874. The fourth-order valence-corrected chi connectivity index (χ4v) is 2.93. The van der Waals surface area contributed by atoms with E-state index >= 15 is 0 Å². The van der Waals surface area contributed by atoms with E-state index in [0.717, 1.165) is 23.7 Å².